The minimum Gasteiger partial charge on any atom is -0.303 e. The Hall–Kier alpha value is -0.910. The average molecular weight is 310 g/mol. The first kappa shape index (κ1) is 16.5. The third-order valence-electron chi connectivity index (χ3n) is 3.91. The predicted octanol–water partition coefficient (Wildman–Crippen LogP) is 2.23. The molecule has 0 bridgehead atoms. The Labute approximate surface area is 128 Å². The summed E-state index contributed by atoms with van der Waals surface area (Å²) in [5.74, 6) is 0.836. The molecule has 1 aliphatic heterocycles. The van der Waals surface area contributed by atoms with Crippen molar-refractivity contribution in [2.45, 2.75) is 31.9 Å². The van der Waals surface area contributed by atoms with Gasteiger partial charge < -0.3 is 4.90 Å². The molecule has 1 N–H and O–H groups in total. The van der Waals surface area contributed by atoms with E-state index >= 15 is 0 Å². The number of hydrogen-bond donors (Lipinski definition) is 1. The fraction of sp³-hybridized carbons (Fsp3) is 0.625. The highest BCUT2D eigenvalue weighted by molar-refractivity contribution is 7.88. The second kappa shape index (κ2) is 7.92. The first-order valence-corrected chi connectivity index (χ1v) is 9.44. The van der Waals surface area contributed by atoms with Gasteiger partial charge in [0.2, 0.25) is 10.0 Å². The highest BCUT2D eigenvalue weighted by atomic mass is 32.2. The molecular formula is C16H26N2O2S. The van der Waals surface area contributed by atoms with Gasteiger partial charge >= 0.3 is 0 Å². The van der Waals surface area contributed by atoms with Gasteiger partial charge in [-0.25, -0.2) is 13.1 Å². The van der Waals surface area contributed by atoms with Crippen LogP contribution >= 0.6 is 0 Å². The Morgan fingerprint density at radius 2 is 2.05 bits per heavy atom. The summed E-state index contributed by atoms with van der Waals surface area (Å²) in [5.41, 5.74) is 0.829. The van der Waals surface area contributed by atoms with Gasteiger partial charge in [-0.1, -0.05) is 37.3 Å². The predicted molar refractivity (Wildman–Crippen MR) is 86.5 cm³/mol. The van der Waals surface area contributed by atoms with Crippen molar-refractivity contribution in [2.24, 2.45) is 5.92 Å². The Kier molecular flexibility index (Phi) is 6.21. The van der Waals surface area contributed by atoms with Crippen LogP contribution in [0.3, 0.4) is 0 Å². The zero-order valence-corrected chi connectivity index (χ0v) is 13.6. The van der Waals surface area contributed by atoms with Crippen LogP contribution in [0.1, 0.15) is 31.7 Å². The van der Waals surface area contributed by atoms with Crippen LogP contribution in [-0.2, 0) is 15.8 Å². The molecule has 1 saturated heterocycles. The molecular weight excluding hydrogens is 284 g/mol. The molecule has 21 heavy (non-hydrogen) atoms. The van der Waals surface area contributed by atoms with E-state index in [2.05, 4.69) is 16.5 Å². The van der Waals surface area contributed by atoms with E-state index in [1.54, 1.807) is 0 Å². The lowest BCUT2D eigenvalue weighted by molar-refractivity contribution is 0.182. The van der Waals surface area contributed by atoms with Gasteiger partial charge in [0.1, 0.15) is 0 Å². The van der Waals surface area contributed by atoms with Crippen molar-refractivity contribution in [2.75, 3.05) is 26.2 Å². The zero-order chi connectivity index (χ0) is 15.1. The Morgan fingerprint density at radius 1 is 1.29 bits per heavy atom. The van der Waals surface area contributed by atoms with Gasteiger partial charge in [-0.15, -0.1) is 0 Å². The fourth-order valence-corrected chi connectivity index (χ4v) is 4.05. The lowest BCUT2D eigenvalue weighted by Gasteiger charge is -2.30. The van der Waals surface area contributed by atoms with E-state index in [1.807, 2.05) is 30.3 Å². The molecule has 0 spiro atoms. The van der Waals surface area contributed by atoms with E-state index in [0.29, 0.717) is 6.54 Å². The maximum absolute atomic E-state index is 12.0. The molecule has 1 heterocycles. The van der Waals surface area contributed by atoms with Gasteiger partial charge in [0.05, 0.1) is 5.75 Å². The Morgan fingerprint density at radius 3 is 2.76 bits per heavy atom. The van der Waals surface area contributed by atoms with Crippen molar-refractivity contribution in [1.29, 1.82) is 0 Å². The normalized spacial score (nSPS) is 20.5. The molecule has 4 nitrogen and oxygen atoms in total. The molecule has 0 saturated carbocycles. The third-order valence-corrected chi connectivity index (χ3v) is 5.27. The Bertz CT molecular complexity index is 516. The van der Waals surface area contributed by atoms with Crippen molar-refractivity contribution in [3.8, 4) is 0 Å². The lowest BCUT2D eigenvalue weighted by atomic mass is 10.0. The van der Waals surface area contributed by atoms with E-state index in [1.165, 1.54) is 12.8 Å². The van der Waals surface area contributed by atoms with Crippen molar-refractivity contribution in [3.63, 3.8) is 0 Å². The number of nitrogens with zero attached hydrogens (tertiary/aromatic N) is 1. The van der Waals surface area contributed by atoms with Gasteiger partial charge in [0.15, 0.2) is 0 Å². The molecule has 1 aromatic carbocycles. The zero-order valence-electron chi connectivity index (χ0n) is 12.8. The topological polar surface area (TPSA) is 49.4 Å². The highest BCUT2D eigenvalue weighted by Crippen LogP contribution is 2.15. The van der Waals surface area contributed by atoms with Gasteiger partial charge in [0.25, 0.3) is 0 Å². The molecule has 0 aromatic heterocycles. The van der Waals surface area contributed by atoms with Crippen LogP contribution in [0.25, 0.3) is 0 Å². The fourth-order valence-electron chi connectivity index (χ4n) is 2.86. The maximum Gasteiger partial charge on any atom is 0.215 e. The van der Waals surface area contributed by atoms with Crippen LogP contribution < -0.4 is 4.72 Å². The number of rotatable bonds is 7. The number of likely N-dealkylation sites (tertiary alicyclic amines) is 1. The number of hydrogen-bond acceptors (Lipinski definition) is 3. The second-order valence-corrected chi connectivity index (χ2v) is 7.85. The summed E-state index contributed by atoms with van der Waals surface area (Å²) in [6.45, 7) is 6.10. The van der Waals surface area contributed by atoms with Crippen molar-refractivity contribution < 1.29 is 8.42 Å². The van der Waals surface area contributed by atoms with Gasteiger partial charge in [-0.05, 0) is 43.8 Å². The second-order valence-electron chi connectivity index (χ2n) is 6.04. The molecule has 1 atom stereocenters. The van der Waals surface area contributed by atoms with Crippen LogP contribution in [0.4, 0.5) is 0 Å². The summed E-state index contributed by atoms with van der Waals surface area (Å²) in [4.78, 5) is 2.44. The van der Waals surface area contributed by atoms with Gasteiger partial charge in [0, 0.05) is 13.1 Å². The highest BCUT2D eigenvalue weighted by Gasteiger charge is 2.16. The van der Waals surface area contributed by atoms with Crippen molar-refractivity contribution >= 4 is 10.0 Å². The van der Waals surface area contributed by atoms with Crippen molar-refractivity contribution in [3.05, 3.63) is 35.9 Å². The van der Waals surface area contributed by atoms with Crippen LogP contribution in [-0.4, -0.2) is 39.5 Å². The molecule has 5 heteroatoms. The average Bonchev–Trinajstić information content (AvgIpc) is 2.44. The van der Waals surface area contributed by atoms with Crippen LogP contribution in [0, 0.1) is 5.92 Å². The quantitative estimate of drug-likeness (QED) is 0.786. The summed E-state index contributed by atoms with van der Waals surface area (Å²) in [6.07, 6.45) is 3.46. The lowest BCUT2D eigenvalue weighted by Crippen LogP contribution is -2.36. The van der Waals surface area contributed by atoms with E-state index in [0.717, 1.165) is 37.5 Å². The summed E-state index contributed by atoms with van der Waals surface area (Å²) in [6, 6.07) is 9.30. The minimum atomic E-state index is -3.22. The molecule has 118 valence electrons. The first-order chi connectivity index (χ1) is 10.1. The van der Waals surface area contributed by atoms with Gasteiger partial charge in [-0.2, -0.15) is 0 Å². The van der Waals surface area contributed by atoms with E-state index in [-0.39, 0.29) is 5.75 Å². The molecule has 1 aromatic rings. The monoisotopic (exact) mass is 310 g/mol. The standard InChI is InChI=1S/C16H26N2O2S/c1-15-7-5-11-18(13-15)12-6-10-17-21(19,20)14-16-8-3-2-4-9-16/h2-4,8-9,15,17H,5-7,10-14H2,1H3. The molecule has 1 aliphatic rings. The molecule has 0 aliphatic carbocycles. The van der Waals surface area contributed by atoms with Gasteiger partial charge in [-0.3, -0.25) is 0 Å². The molecule has 1 unspecified atom stereocenters. The minimum absolute atomic E-state index is 0.0641. The van der Waals surface area contributed by atoms with E-state index < -0.39 is 10.0 Å². The number of benzene rings is 1. The Balaban J connectivity index is 1.67. The summed E-state index contributed by atoms with van der Waals surface area (Å²) >= 11 is 0. The first-order valence-electron chi connectivity index (χ1n) is 7.79. The number of nitrogens with one attached hydrogen (secondary N) is 1. The summed E-state index contributed by atoms with van der Waals surface area (Å²) < 4.78 is 26.7. The van der Waals surface area contributed by atoms with Crippen LogP contribution in [0.15, 0.2) is 30.3 Å². The number of sulfonamides is 1. The maximum atomic E-state index is 12.0. The molecule has 1 fully saturated rings. The molecule has 0 radical (unpaired) electrons. The van der Waals surface area contributed by atoms with Crippen molar-refractivity contribution in [1.82, 2.24) is 9.62 Å². The number of piperidine rings is 1. The van der Waals surface area contributed by atoms with E-state index in [4.69, 9.17) is 0 Å². The SMILES string of the molecule is CC1CCCN(CCCNS(=O)(=O)Cc2ccccc2)C1. The van der Waals surface area contributed by atoms with E-state index in [9.17, 15) is 8.42 Å². The molecule has 2 rings (SSSR count). The summed E-state index contributed by atoms with van der Waals surface area (Å²) in [5, 5.41) is 0. The largest absolute Gasteiger partial charge is 0.303 e. The summed E-state index contributed by atoms with van der Waals surface area (Å²) in [7, 11) is -3.22. The smallest absolute Gasteiger partial charge is 0.215 e. The van der Waals surface area contributed by atoms with Crippen LogP contribution in [0.5, 0.6) is 0 Å². The third kappa shape index (κ3) is 6.16. The molecule has 0 amide bonds. The van der Waals surface area contributed by atoms with Crippen LogP contribution in [0.2, 0.25) is 0 Å².